The number of nitrogens with one attached hydrogen (secondary N) is 1. The fraction of sp³-hybridized carbons (Fsp3) is 0.655. The SMILES string of the molecule is CC(C)COC(=O)Oc1ccc(C[C@H](NCC(C)OC(=O)C2CCCCC2)C(=O)O)cc1OC(=O)OCC(C)C. The van der Waals surface area contributed by atoms with Crippen molar-refractivity contribution in [2.24, 2.45) is 17.8 Å². The lowest BCUT2D eigenvalue weighted by atomic mass is 9.89. The van der Waals surface area contributed by atoms with Gasteiger partial charge in [-0.2, -0.15) is 0 Å². The average molecular weight is 566 g/mol. The van der Waals surface area contributed by atoms with E-state index in [4.69, 9.17) is 23.7 Å². The predicted molar refractivity (Wildman–Crippen MR) is 145 cm³/mol. The van der Waals surface area contributed by atoms with Gasteiger partial charge >= 0.3 is 24.2 Å². The molecule has 0 aromatic heterocycles. The standard InChI is InChI=1S/C29H43NO10/c1-18(2)16-36-28(34)39-24-12-11-21(14-25(24)40-29(35)37-17-19(3)4)13-23(26(31)32)30-15-20(5)38-27(33)22-9-7-6-8-10-22/h11-12,14,18-20,22-23,30H,6-10,13,15-17H2,1-5H3,(H,31,32)/t20?,23-/m0/s1. The second-order valence-electron chi connectivity index (χ2n) is 11.0. The smallest absolute Gasteiger partial charge is 0.480 e. The molecule has 1 saturated carbocycles. The zero-order chi connectivity index (χ0) is 29.7. The van der Waals surface area contributed by atoms with Crippen molar-refractivity contribution in [1.29, 1.82) is 0 Å². The lowest BCUT2D eigenvalue weighted by molar-refractivity contribution is -0.154. The topological polar surface area (TPSA) is 147 Å². The Bertz CT molecular complexity index is 987. The summed E-state index contributed by atoms with van der Waals surface area (Å²) in [7, 11) is 0. The van der Waals surface area contributed by atoms with Gasteiger partial charge in [-0.3, -0.25) is 9.59 Å². The zero-order valence-electron chi connectivity index (χ0n) is 24.1. The number of rotatable bonds is 14. The summed E-state index contributed by atoms with van der Waals surface area (Å²) in [4.78, 5) is 48.7. The van der Waals surface area contributed by atoms with Crippen LogP contribution in [0.4, 0.5) is 9.59 Å². The van der Waals surface area contributed by atoms with E-state index in [1.165, 1.54) is 12.1 Å². The summed E-state index contributed by atoms with van der Waals surface area (Å²) in [6.45, 7) is 9.60. The van der Waals surface area contributed by atoms with Crippen LogP contribution in [0.1, 0.15) is 72.3 Å². The number of carboxylic acid groups (broad SMARTS) is 1. The first kappa shape index (κ1) is 32.9. The molecule has 11 heteroatoms. The minimum Gasteiger partial charge on any atom is -0.480 e. The van der Waals surface area contributed by atoms with Crippen LogP contribution in [0.5, 0.6) is 11.5 Å². The molecule has 1 aliphatic carbocycles. The summed E-state index contributed by atoms with van der Waals surface area (Å²) in [5, 5.41) is 12.7. The van der Waals surface area contributed by atoms with Crippen molar-refractivity contribution in [3.8, 4) is 11.5 Å². The Labute approximate surface area is 235 Å². The van der Waals surface area contributed by atoms with E-state index in [2.05, 4.69) is 5.32 Å². The van der Waals surface area contributed by atoms with Crippen molar-refractivity contribution in [2.75, 3.05) is 19.8 Å². The van der Waals surface area contributed by atoms with Crippen molar-refractivity contribution >= 4 is 24.2 Å². The molecule has 2 rings (SSSR count). The van der Waals surface area contributed by atoms with Gasteiger partial charge in [0.05, 0.1) is 19.1 Å². The lowest BCUT2D eigenvalue weighted by Gasteiger charge is -2.23. The average Bonchev–Trinajstić information content (AvgIpc) is 2.90. The van der Waals surface area contributed by atoms with Crippen LogP contribution in [0, 0.1) is 17.8 Å². The quantitative estimate of drug-likeness (QED) is 0.176. The van der Waals surface area contributed by atoms with Gasteiger partial charge in [0.1, 0.15) is 12.1 Å². The Hall–Kier alpha value is -3.34. The number of carbonyl (C=O) groups excluding carboxylic acids is 3. The zero-order valence-corrected chi connectivity index (χ0v) is 24.1. The summed E-state index contributed by atoms with van der Waals surface area (Å²) in [5.74, 6) is -1.48. The van der Waals surface area contributed by atoms with Crippen LogP contribution >= 0.6 is 0 Å². The monoisotopic (exact) mass is 565 g/mol. The molecule has 40 heavy (non-hydrogen) atoms. The molecule has 0 aliphatic heterocycles. The van der Waals surface area contributed by atoms with Gasteiger partial charge in [0.25, 0.3) is 0 Å². The van der Waals surface area contributed by atoms with Crippen LogP contribution in [0.2, 0.25) is 0 Å². The molecule has 0 amide bonds. The largest absolute Gasteiger partial charge is 0.513 e. The maximum atomic E-state index is 12.4. The van der Waals surface area contributed by atoms with Crippen molar-refractivity contribution in [3.63, 3.8) is 0 Å². The normalized spacial score (nSPS) is 15.3. The summed E-state index contributed by atoms with van der Waals surface area (Å²) < 4.78 is 26.1. The van der Waals surface area contributed by atoms with E-state index in [1.807, 2.05) is 27.7 Å². The third-order valence-corrected chi connectivity index (χ3v) is 6.11. The summed E-state index contributed by atoms with van der Waals surface area (Å²) in [6, 6.07) is 3.33. The Morgan fingerprint density at radius 2 is 1.45 bits per heavy atom. The van der Waals surface area contributed by atoms with Crippen LogP contribution in [0.3, 0.4) is 0 Å². The molecule has 0 bridgehead atoms. The van der Waals surface area contributed by atoms with Gasteiger partial charge in [-0.1, -0.05) is 53.0 Å². The molecular weight excluding hydrogens is 522 g/mol. The first-order chi connectivity index (χ1) is 18.9. The molecule has 11 nitrogen and oxygen atoms in total. The Morgan fingerprint density at radius 3 is 2.00 bits per heavy atom. The number of benzene rings is 1. The number of hydrogen-bond acceptors (Lipinski definition) is 10. The van der Waals surface area contributed by atoms with Crippen LogP contribution in [-0.2, 0) is 30.2 Å². The van der Waals surface area contributed by atoms with Gasteiger partial charge in [-0.25, -0.2) is 9.59 Å². The predicted octanol–water partition coefficient (Wildman–Crippen LogP) is 5.13. The number of ether oxygens (including phenoxy) is 5. The molecule has 0 saturated heterocycles. The Morgan fingerprint density at radius 1 is 0.875 bits per heavy atom. The van der Waals surface area contributed by atoms with Crippen LogP contribution in [0.25, 0.3) is 0 Å². The molecule has 0 spiro atoms. The van der Waals surface area contributed by atoms with E-state index < -0.39 is 30.4 Å². The van der Waals surface area contributed by atoms with Gasteiger partial charge in [-0.15, -0.1) is 0 Å². The molecule has 1 aliphatic rings. The van der Waals surface area contributed by atoms with Crippen molar-refractivity contribution in [3.05, 3.63) is 23.8 Å². The molecule has 0 radical (unpaired) electrons. The third kappa shape index (κ3) is 12.2. The van der Waals surface area contributed by atoms with E-state index in [9.17, 15) is 24.3 Å². The van der Waals surface area contributed by atoms with E-state index in [0.29, 0.717) is 5.56 Å². The highest BCUT2D eigenvalue weighted by Gasteiger charge is 2.26. The molecule has 0 heterocycles. The number of esters is 1. The van der Waals surface area contributed by atoms with Crippen molar-refractivity contribution in [2.45, 2.75) is 85.3 Å². The Kier molecular flexibility index (Phi) is 13.7. The van der Waals surface area contributed by atoms with Crippen molar-refractivity contribution in [1.82, 2.24) is 5.32 Å². The van der Waals surface area contributed by atoms with E-state index in [0.717, 1.165) is 32.1 Å². The second-order valence-corrected chi connectivity index (χ2v) is 11.0. The molecule has 1 aromatic rings. The molecule has 1 fully saturated rings. The minimum atomic E-state index is -1.11. The van der Waals surface area contributed by atoms with E-state index in [-0.39, 0.29) is 61.4 Å². The highest BCUT2D eigenvalue weighted by atomic mass is 16.7. The maximum Gasteiger partial charge on any atom is 0.513 e. The van der Waals surface area contributed by atoms with Gasteiger partial charge in [0, 0.05) is 6.54 Å². The van der Waals surface area contributed by atoms with Gasteiger partial charge in [-0.05, 0) is 55.7 Å². The van der Waals surface area contributed by atoms with E-state index in [1.54, 1.807) is 13.0 Å². The fourth-order valence-corrected chi connectivity index (χ4v) is 4.02. The molecule has 2 atom stereocenters. The number of aliphatic carboxylic acids is 1. The van der Waals surface area contributed by atoms with Crippen molar-refractivity contribution < 1.29 is 48.0 Å². The summed E-state index contributed by atoms with van der Waals surface area (Å²) in [6.07, 6.45) is 2.32. The van der Waals surface area contributed by atoms with Crippen LogP contribution in [-0.4, -0.2) is 61.3 Å². The molecule has 1 aromatic carbocycles. The van der Waals surface area contributed by atoms with Crippen LogP contribution < -0.4 is 14.8 Å². The third-order valence-electron chi connectivity index (χ3n) is 6.11. The highest BCUT2D eigenvalue weighted by Crippen LogP contribution is 2.30. The summed E-state index contributed by atoms with van der Waals surface area (Å²) in [5.41, 5.74) is 0.487. The minimum absolute atomic E-state index is 0.00804. The number of carbonyl (C=O) groups is 4. The van der Waals surface area contributed by atoms with Crippen LogP contribution in [0.15, 0.2) is 18.2 Å². The molecule has 1 unspecified atom stereocenters. The summed E-state index contributed by atoms with van der Waals surface area (Å²) >= 11 is 0. The van der Waals surface area contributed by atoms with Gasteiger partial charge < -0.3 is 34.1 Å². The van der Waals surface area contributed by atoms with E-state index >= 15 is 0 Å². The Balaban J connectivity index is 2.07. The highest BCUT2D eigenvalue weighted by molar-refractivity contribution is 5.74. The number of hydrogen-bond donors (Lipinski definition) is 2. The molecule has 2 N–H and O–H groups in total. The molecular formula is C29H43NO10. The lowest BCUT2D eigenvalue weighted by Crippen LogP contribution is -2.43. The first-order valence-electron chi connectivity index (χ1n) is 13.9. The second kappa shape index (κ2) is 16.7. The van der Waals surface area contributed by atoms with Gasteiger partial charge in [0.2, 0.25) is 0 Å². The van der Waals surface area contributed by atoms with Gasteiger partial charge in [0.15, 0.2) is 11.5 Å². The molecule has 224 valence electrons. The maximum absolute atomic E-state index is 12.4. The fourth-order valence-electron chi connectivity index (χ4n) is 4.02. The first-order valence-corrected chi connectivity index (χ1v) is 13.9. The number of carboxylic acids is 1.